The molecule has 278 valence electrons. The number of carbonyl (C=O) groups is 8. The lowest BCUT2D eigenvalue weighted by atomic mass is 10.0. The number of unbranched alkanes of at least 4 members (excludes halogenated alkanes) is 1. The maximum absolute atomic E-state index is 13.3. The van der Waals surface area contributed by atoms with Crippen molar-refractivity contribution in [2.45, 2.75) is 108 Å². The van der Waals surface area contributed by atoms with Gasteiger partial charge in [-0.3, -0.25) is 33.6 Å². The van der Waals surface area contributed by atoms with E-state index in [0.29, 0.717) is 24.9 Å². The highest BCUT2D eigenvalue weighted by molar-refractivity contribution is 5.97. The third-order valence-corrected chi connectivity index (χ3v) is 7.51. The van der Waals surface area contributed by atoms with E-state index in [0.717, 1.165) is 0 Å². The molecule has 18 heteroatoms. The van der Waals surface area contributed by atoms with Crippen LogP contribution in [0.5, 0.6) is 0 Å². The van der Waals surface area contributed by atoms with Crippen molar-refractivity contribution < 1.29 is 53.7 Å². The number of nitrogens with two attached hydrogens (primary N) is 2. The molecule has 0 fully saturated rings. The summed E-state index contributed by atoms with van der Waals surface area (Å²) in [6.45, 7) is 4.26. The van der Waals surface area contributed by atoms with Gasteiger partial charge >= 0.3 is 17.9 Å². The minimum absolute atomic E-state index is 0.000808. The Morgan fingerprint density at radius 3 is 1.82 bits per heavy atom. The van der Waals surface area contributed by atoms with Gasteiger partial charge in [0.05, 0.1) is 6.04 Å². The van der Waals surface area contributed by atoms with E-state index in [-0.39, 0.29) is 25.7 Å². The van der Waals surface area contributed by atoms with Crippen LogP contribution in [0.4, 0.5) is 0 Å². The Hall–Kier alpha value is -5.10. The number of hydrogen-bond donors (Lipinski definition) is 10. The minimum Gasteiger partial charge on any atom is -0.481 e. The van der Waals surface area contributed by atoms with E-state index in [9.17, 15) is 43.5 Å². The summed E-state index contributed by atoms with van der Waals surface area (Å²) >= 11 is 0. The Morgan fingerprint density at radius 1 is 0.700 bits per heavy atom. The van der Waals surface area contributed by atoms with E-state index in [1.807, 2.05) is 0 Å². The SMILES string of the molecule is C[C@H](NC(=O)C(C)(C)NC(=O)[C@H](CCC(=O)O)NC(=O)[C@@H](N)CCC(=O)O)C(=O)N[C@@H](Cc1ccccc1)C(=O)N[C@@H](CCCCN)C(=O)O. The summed E-state index contributed by atoms with van der Waals surface area (Å²) in [5, 5.41) is 39.7. The molecule has 18 nitrogen and oxygen atoms in total. The standard InChI is InChI=1S/C32H49N7O11/c1-18(26(44)38-23(17-19-9-5-4-6-10-19)28(46)37-22(30(48)49)11-7-8-16-33)35-31(50)32(2,3)39-29(47)21(13-15-25(42)43)36-27(45)20(34)12-14-24(40)41/h4-6,9-10,18,20-23H,7-8,11-17,33-34H2,1-3H3,(H,35,50)(H,36,45)(H,37,46)(H,38,44)(H,39,47)(H,40,41)(H,42,43)(H,48,49)/t18-,20-,21-,22-,23-/m0/s1. The number of nitrogens with one attached hydrogen (secondary N) is 5. The molecular formula is C32H49N7O11. The summed E-state index contributed by atoms with van der Waals surface area (Å²) < 4.78 is 0. The van der Waals surface area contributed by atoms with E-state index in [4.69, 9.17) is 21.7 Å². The fraction of sp³-hybridized carbons (Fsp3) is 0.562. The number of amides is 5. The molecule has 0 saturated heterocycles. The van der Waals surface area contributed by atoms with Crippen molar-refractivity contribution in [1.82, 2.24) is 26.6 Å². The van der Waals surface area contributed by atoms with Crippen LogP contribution in [-0.2, 0) is 44.8 Å². The predicted octanol–water partition coefficient (Wildman–Crippen LogP) is -1.65. The van der Waals surface area contributed by atoms with Gasteiger partial charge < -0.3 is 53.4 Å². The average molecular weight is 708 g/mol. The topological polar surface area (TPSA) is 309 Å². The van der Waals surface area contributed by atoms with Crippen LogP contribution < -0.4 is 38.1 Å². The Labute approximate surface area is 289 Å². The smallest absolute Gasteiger partial charge is 0.326 e. The zero-order chi connectivity index (χ0) is 38.0. The van der Waals surface area contributed by atoms with Crippen LogP contribution in [0.25, 0.3) is 0 Å². The Kier molecular flexibility index (Phi) is 18.1. The normalized spacial score (nSPS) is 14.1. The molecule has 0 saturated carbocycles. The van der Waals surface area contributed by atoms with Gasteiger partial charge in [-0.25, -0.2) is 4.79 Å². The van der Waals surface area contributed by atoms with E-state index in [1.165, 1.54) is 20.8 Å². The first-order chi connectivity index (χ1) is 23.4. The molecule has 1 aromatic rings. The zero-order valence-corrected chi connectivity index (χ0v) is 28.4. The second kappa shape index (κ2) is 21.1. The molecule has 0 aliphatic carbocycles. The van der Waals surface area contributed by atoms with Gasteiger partial charge in [0.25, 0.3) is 0 Å². The second-order valence-corrected chi connectivity index (χ2v) is 12.3. The van der Waals surface area contributed by atoms with Crippen molar-refractivity contribution in [2.24, 2.45) is 11.5 Å². The number of carboxylic acids is 3. The summed E-state index contributed by atoms with van der Waals surface area (Å²) in [5.74, 6) is -7.97. The quantitative estimate of drug-likeness (QED) is 0.0571. The second-order valence-electron chi connectivity index (χ2n) is 12.3. The molecule has 5 atom stereocenters. The lowest BCUT2D eigenvalue weighted by Crippen LogP contribution is -2.62. The van der Waals surface area contributed by atoms with Gasteiger partial charge in [0.2, 0.25) is 29.5 Å². The van der Waals surface area contributed by atoms with Crippen LogP contribution in [-0.4, -0.2) is 105 Å². The summed E-state index contributed by atoms with van der Waals surface area (Å²) in [6.07, 6.45) is -0.458. The number of carbonyl (C=O) groups excluding carboxylic acids is 5. The summed E-state index contributed by atoms with van der Waals surface area (Å²) in [4.78, 5) is 99.1. The number of benzene rings is 1. The summed E-state index contributed by atoms with van der Waals surface area (Å²) in [7, 11) is 0. The average Bonchev–Trinajstić information content (AvgIpc) is 3.04. The fourth-order valence-electron chi connectivity index (χ4n) is 4.50. The molecule has 0 unspecified atom stereocenters. The number of aliphatic carboxylic acids is 3. The lowest BCUT2D eigenvalue weighted by molar-refractivity contribution is -0.142. The van der Waals surface area contributed by atoms with Crippen LogP contribution in [0.2, 0.25) is 0 Å². The first-order valence-electron chi connectivity index (χ1n) is 16.1. The molecule has 0 aliphatic rings. The van der Waals surface area contributed by atoms with Crippen molar-refractivity contribution in [3.8, 4) is 0 Å². The lowest BCUT2D eigenvalue weighted by Gasteiger charge is -2.30. The molecule has 12 N–H and O–H groups in total. The fourth-order valence-corrected chi connectivity index (χ4v) is 4.50. The molecule has 0 radical (unpaired) electrons. The van der Waals surface area contributed by atoms with Crippen molar-refractivity contribution in [3.63, 3.8) is 0 Å². The molecule has 50 heavy (non-hydrogen) atoms. The van der Waals surface area contributed by atoms with Crippen LogP contribution in [0.15, 0.2) is 30.3 Å². The van der Waals surface area contributed by atoms with Gasteiger partial charge in [0, 0.05) is 19.3 Å². The number of rotatable bonds is 23. The molecular weight excluding hydrogens is 658 g/mol. The highest BCUT2D eigenvalue weighted by Gasteiger charge is 2.36. The first kappa shape index (κ1) is 42.9. The molecule has 5 amide bonds. The van der Waals surface area contributed by atoms with Gasteiger partial charge in [-0.2, -0.15) is 0 Å². The molecule has 0 bridgehead atoms. The minimum atomic E-state index is -1.72. The van der Waals surface area contributed by atoms with E-state index >= 15 is 0 Å². The third kappa shape index (κ3) is 15.9. The van der Waals surface area contributed by atoms with Crippen molar-refractivity contribution in [3.05, 3.63) is 35.9 Å². The Balaban J connectivity index is 3.03. The van der Waals surface area contributed by atoms with Gasteiger partial charge in [0.1, 0.15) is 29.7 Å². The molecule has 0 aromatic heterocycles. The molecule has 1 aromatic carbocycles. The summed E-state index contributed by atoms with van der Waals surface area (Å²) in [6, 6.07) is 2.16. The molecule has 0 heterocycles. The zero-order valence-electron chi connectivity index (χ0n) is 28.4. The Bertz CT molecular complexity index is 1360. The van der Waals surface area contributed by atoms with Gasteiger partial charge in [-0.15, -0.1) is 0 Å². The van der Waals surface area contributed by atoms with Crippen LogP contribution in [0.3, 0.4) is 0 Å². The van der Waals surface area contributed by atoms with Gasteiger partial charge in [0.15, 0.2) is 0 Å². The van der Waals surface area contributed by atoms with E-state index in [1.54, 1.807) is 30.3 Å². The van der Waals surface area contributed by atoms with Crippen molar-refractivity contribution in [1.29, 1.82) is 0 Å². The Morgan fingerprint density at radius 2 is 1.26 bits per heavy atom. The largest absolute Gasteiger partial charge is 0.481 e. The monoisotopic (exact) mass is 707 g/mol. The van der Waals surface area contributed by atoms with Gasteiger partial charge in [-0.05, 0) is 65.0 Å². The number of carboxylic acid groups (broad SMARTS) is 3. The number of hydrogen-bond acceptors (Lipinski definition) is 10. The van der Waals surface area contributed by atoms with Crippen LogP contribution in [0, 0.1) is 0 Å². The van der Waals surface area contributed by atoms with E-state index in [2.05, 4.69) is 26.6 Å². The van der Waals surface area contributed by atoms with Gasteiger partial charge in [-0.1, -0.05) is 30.3 Å². The first-order valence-corrected chi connectivity index (χ1v) is 16.1. The van der Waals surface area contributed by atoms with Crippen LogP contribution in [0.1, 0.15) is 71.3 Å². The maximum atomic E-state index is 13.3. The third-order valence-electron chi connectivity index (χ3n) is 7.51. The highest BCUT2D eigenvalue weighted by atomic mass is 16.4. The van der Waals surface area contributed by atoms with E-state index < -0.39 is 96.0 Å². The highest BCUT2D eigenvalue weighted by Crippen LogP contribution is 2.09. The van der Waals surface area contributed by atoms with Crippen LogP contribution >= 0.6 is 0 Å². The maximum Gasteiger partial charge on any atom is 0.326 e. The molecule has 1 rings (SSSR count). The molecule has 0 aliphatic heterocycles. The van der Waals surface area contributed by atoms with Crippen molar-refractivity contribution >= 4 is 47.4 Å². The molecule has 0 spiro atoms. The summed E-state index contributed by atoms with van der Waals surface area (Å²) in [5.41, 5.74) is 10.1. The predicted molar refractivity (Wildman–Crippen MR) is 178 cm³/mol. The van der Waals surface area contributed by atoms with Crippen molar-refractivity contribution in [2.75, 3.05) is 6.54 Å².